The minimum Gasteiger partial charge on any atom is -0.372 e. The van der Waals surface area contributed by atoms with E-state index >= 15 is 0 Å². The molecular formula is C22H18F4N2O. The topological polar surface area (TPSA) is 33.2 Å². The van der Waals surface area contributed by atoms with Crippen LogP contribution < -0.4 is 4.90 Å². The van der Waals surface area contributed by atoms with Gasteiger partial charge in [-0.25, -0.2) is 4.39 Å². The predicted molar refractivity (Wildman–Crippen MR) is 104 cm³/mol. The molecule has 7 heteroatoms. The van der Waals surface area contributed by atoms with E-state index in [0.29, 0.717) is 16.5 Å². The standard InChI is InChI=1S/C22H18F4N2O/c1-13-19(21(29)22(24,25)26)20(14-4-6-15(23)7-5-14)17-12-16(8-9-18(17)27-13)28-10-2-3-11-28/h4-9,12H,2-3,10-11H2,1H3. The summed E-state index contributed by atoms with van der Waals surface area (Å²) >= 11 is 0. The lowest BCUT2D eigenvalue weighted by atomic mass is 9.91. The van der Waals surface area contributed by atoms with Gasteiger partial charge in [0, 0.05) is 35.4 Å². The number of carbonyl (C=O) groups excluding carboxylic acids is 1. The Morgan fingerprint density at radius 3 is 2.31 bits per heavy atom. The second kappa shape index (κ2) is 7.13. The van der Waals surface area contributed by atoms with Crippen molar-refractivity contribution in [3.8, 4) is 11.1 Å². The number of pyridine rings is 1. The second-order valence-corrected chi connectivity index (χ2v) is 7.18. The van der Waals surface area contributed by atoms with Crippen molar-refractivity contribution >= 4 is 22.4 Å². The fraction of sp³-hybridized carbons (Fsp3) is 0.273. The van der Waals surface area contributed by atoms with Crippen LogP contribution in [0.5, 0.6) is 0 Å². The van der Waals surface area contributed by atoms with Crippen molar-refractivity contribution in [1.82, 2.24) is 4.98 Å². The van der Waals surface area contributed by atoms with Gasteiger partial charge in [0.05, 0.1) is 11.1 Å². The summed E-state index contributed by atoms with van der Waals surface area (Å²) in [6.07, 6.45) is -2.94. The number of carbonyl (C=O) groups is 1. The third-order valence-corrected chi connectivity index (χ3v) is 5.24. The van der Waals surface area contributed by atoms with Gasteiger partial charge >= 0.3 is 6.18 Å². The molecule has 1 aliphatic heterocycles. The summed E-state index contributed by atoms with van der Waals surface area (Å²) in [5.74, 6) is -2.46. The highest BCUT2D eigenvalue weighted by molar-refractivity contribution is 6.13. The van der Waals surface area contributed by atoms with Crippen LogP contribution >= 0.6 is 0 Å². The number of hydrogen-bond donors (Lipinski definition) is 0. The maximum absolute atomic E-state index is 13.4. The van der Waals surface area contributed by atoms with Gasteiger partial charge in [0.25, 0.3) is 5.78 Å². The minimum absolute atomic E-state index is 0.00641. The molecule has 0 radical (unpaired) electrons. The SMILES string of the molecule is Cc1nc2ccc(N3CCCC3)cc2c(-c2ccc(F)cc2)c1C(=O)C(F)(F)F. The Morgan fingerprint density at radius 1 is 1.03 bits per heavy atom. The molecule has 3 aromatic rings. The molecule has 29 heavy (non-hydrogen) atoms. The second-order valence-electron chi connectivity index (χ2n) is 7.18. The number of ketones is 1. The number of anilines is 1. The van der Waals surface area contributed by atoms with Gasteiger partial charge in [-0.3, -0.25) is 9.78 Å². The molecule has 150 valence electrons. The first-order valence-electron chi connectivity index (χ1n) is 9.32. The molecule has 0 saturated carbocycles. The number of aryl methyl sites for hydroxylation is 1. The van der Waals surface area contributed by atoms with E-state index in [1.807, 2.05) is 6.07 Å². The molecule has 1 aliphatic rings. The van der Waals surface area contributed by atoms with Crippen molar-refractivity contribution in [2.75, 3.05) is 18.0 Å². The summed E-state index contributed by atoms with van der Waals surface area (Å²) in [6, 6.07) is 10.5. The van der Waals surface area contributed by atoms with Crippen molar-refractivity contribution in [2.24, 2.45) is 0 Å². The largest absolute Gasteiger partial charge is 0.454 e. The summed E-state index contributed by atoms with van der Waals surface area (Å²) in [4.78, 5) is 18.7. The molecule has 0 bridgehead atoms. The lowest BCUT2D eigenvalue weighted by Crippen LogP contribution is -2.25. The van der Waals surface area contributed by atoms with E-state index < -0.39 is 23.3 Å². The first-order valence-corrected chi connectivity index (χ1v) is 9.32. The number of hydrogen-bond acceptors (Lipinski definition) is 3. The van der Waals surface area contributed by atoms with E-state index in [-0.39, 0.29) is 11.3 Å². The molecule has 2 heterocycles. The number of Topliss-reactive ketones (excluding diaryl/α,β-unsaturated/α-hetero) is 1. The summed E-state index contributed by atoms with van der Waals surface area (Å²) < 4.78 is 53.5. The molecule has 4 rings (SSSR count). The quantitative estimate of drug-likeness (QED) is 0.417. The van der Waals surface area contributed by atoms with E-state index in [2.05, 4.69) is 9.88 Å². The predicted octanol–water partition coefficient (Wildman–Crippen LogP) is 5.69. The number of alkyl halides is 3. The molecular weight excluding hydrogens is 384 g/mol. The lowest BCUT2D eigenvalue weighted by molar-refractivity contribution is -0.0885. The van der Waals surface area contributed by atoms with Crippen LogP contribution in [0.3, 0.4) is 0 Å². The molecule has 1 saturated heterocycles. The van der Waals surface area contributed by atoms with Crippen LogP contribution in [0, 0.1) is 12.7 Å². The molecule has 0 N–H and O–H groups in total. The first-order chi connectivity index (χ1) is 13.8. The van der Waals surface area contributed by atoms with E-state index in [0.717, 1.165) is 31.6 Å². The lowest BCUT2D eigenvalue weighted by Gasteiger charge is -2.20. The van der Waals surface area contributed by atoms with Gasteiger partial charge in [-0.15, -0.1) is 0 Å². The summed E-state index contributed by atoms with van der Waals surface area (Å²) in [6.45, 7) is 3.12. The fourth-order valence-electron chi connectivity index (χ4n) is 3.88. The highest BCUT2D eigenvalue weighted by Crippen LogP contribution is 2.38. The Balaban J connectivity index is 2.04. The molecule has 0 aliphatic carbocycles. The average molecular weight is 402 g/mol. The molecule has 3 nitrogen and oxygen atoms in total. The zero-order chi connectivity index (χ0) is 20.8. The van der Waals surface area contributed by atoms with Crippen LogP contribution in [0.2, 0.25) is 0 Å². The average Bonchev–Trinajstić information content (AvgIpc) is 3.21. The maximum atomic E-state index is 13.4. The summed E-state index contributed by atoms with van der Waals surface area (Å²) in [5.41, 5.74) is 1.34. The Kier molecular flexibility index (Phi) is 4.76. The smallest absolute Gasteiger partial charge is 0.372 e. The minimum atomic E-state index is -5.04. The van der Waals surface area contributed by atoms with E-state index in [9.17, 15) is 22.4 Å². The van der Waals surface area contributed by atoms with Crippen LogP contribution in [-0.2, 0) is 0 Å². The molecule has 0 unspecified atom stereocenters. The third-order valence-electron chi connectivity index (χ3n) is 5.24. The van der Waals surface area contributed by atoms with Gasteiger partial charge in [0.2, 0.25) is 0 Å². The number of benzene rings is 2. The highest BCUT2D eigenvalue weighted by Gasteiger charge is 2.42. The van der Waals surface area contributed by atoms with E-state index in [1.54, 1.807) is 12.1 Å². The van der Waals surface area contributed by atoms with Gasteiger partial charge in [0.15, 0.2) is 0 Å². The highest BCUT2D eigenvalue weighted by atomic mass is 19.4. The van der Waals surface area contributed by atoms with Gasteiger partial charge in [-0.05, 0) is 55.7 Å². The van der Waals surface area contributed by atoms with Crippen molar-refractivity contribution in [3.63, 3.8) is 0 Å². The molecule has 2 aromatic carbocycles. The Labute approximate surface area is 165 Å². The number of halogens is 4. The Morgan fingerprint density at radius 2 is 1.69 bits per heavy atom. The first kappa shape index (κ1) is 19.4. The Hall–Kier alpha value is -2.96. The van der Waals surface area contributed by atoms with Crippen molar-refractivity contribution in [1.29, 1.82) is 0 Å². The van der Waals surface area contributed by atoms with Gasteiger partial charge in [-0.1, -0.05) is 12.1 Å². The number of rotatable bonds is 3. The van der Waals surface area contributed by atoms with Crippen molar-refractivity contribution < 1.29 is 22.4 Å². The molecule has 0 atom stereocenters. The van der Waals surface area contributed by atoms with Crippen molar-refractivity contribution in [2.45, 2.75) is 25.9 Å². The van der Waals surface area contributed by atoms with Gasteiger partial charge in [-0.2, -0.15) is 13.2 Å². The fourth-order valence-corrected chi connectivity index (χ4v) is 3.88. The van der Waals surface area contributed by atoms with Crippen molar-refractivity contribution in [3.05, 3.63) is 59.5 Å². The zero-order valence-corrected chi connectivity index (χ0v) is 15.7. The zero-order valence-electron chi connectivity index (χ0n) is 15.7. The van der Waals surface area contributed by atoms with Crippen LogP contribution in [0.4, 0.5) is 23.2 Å². The van der Waals surface area contributed by atoms with Crippen LogP contribution in [0.25, 0.3) is 22.0 Å². The monoisotopic (exact) mass is 402 g/mol. The van der Waals surface area contributed by atoms with Gasteiger partial charge < -0.3 is 4.90 Å². The maximum Gasteiger partial charge on any atom is 0.454 e. The number of aromatic nitrogens is 1. The normalized spacial score (nSPS) is 14.6. The summed E-state index contributed by atoms with van der Waals surface area (Å²) in [7, 11) is 0. The Bertz CT molecular complexity index is 1080. The number of nitrogens with zero attached hydrogens (tertiary/aromatic N) is 2. The van der Waals surface area contributed by atoms with E-state index in [4.69, 9.17) is 0 Å². The molecule has 0 spiro atoms. The number of fused-ring (bicyclic) bond motifs is 1. The summed E-state index contributed by atoms with van der Waals surface area (Å²) in [5, 5.41) is 0.444. The van der Waals surface area contributed by atoms with Crippen LogP contribution in [-0.4, -0.2) is 30.0 Å². The molecule has 1 aromatic heterocycles. The van der Waals surface area contributed by atoms with Crippen LogP contribution in [0.1, 0.15) is 28.9 Å². The van der Waals surface area contributed by atoms with E-state index in [1.165, 1.54) is 31.2 Å². The molecule has 1 fully saturated rings. The molecule has 0 amide bonds. The van der Waals surface area contributed by atoms with Crippen LogP contribution in [0.15, 0.2) is 42.5 Å². The third kappa shape index (κ3) is 3.57. The van der Waals surface area contributed by atoms with Gasteiger partial charge in [0.1, 0.15) is 5.82 Å².